The van der Waals surface area contributed by atoms with Crippen molar-refractivity contribution in [2.24, 2.45) is 0 Å². The second kappa shape index (κ2) is 4.34. The lowest BCUT2D eigenvalue weighted by Gasteiger charge is -2.25. The number of hydrogen-bond acceptors (Lipinski definition) is 3. The van der Waals surface area contributed by atoms with Crippen LogP contribution in [0, 0.1) is 0 Å². The van der Waals surface area contributed by atoms with Gasteiger partial charge in [-0.05, 0) is 37.1 Å². The minimum atomic E-state index is 0.490. The van der Waals surface area contributed by atoms with Crippen molar-refractivity contribution >= 4 is 0 Å². The molecule has 2 aliphatic heterocycles. The molecule has 3 heteroatoms. The van der Waals surface area contributed by atoms with Crippen molar-refractivity contribution < 1.29 is 9.47 Å². The average molecular weight is 219 g/mol. The molecule has 0 saturated carbocycles. The third-order valence-corrected chi connectivity index (χ3v) is 3.28. The molecule has 1 saturated heterocycles. The predicted octanol–water partition coefficient (Wildman–Crippen LogP) is 2.27. The second-order valence-electron chi connectivity index (χ2n) is 4.41. The molecule has 0 amide bonds. The summed E-state index contributed by atoms with van der Waals surface area (Å²) in [5, 5.41) is 3.55. The van der Waals surface area contributed by atoms with E-state index in [1.807, 2.05) is 6.07 Å². The highest BCUT2D eigenvalue weighted by Gasteiger charge is 2.18. The summed E-state index contributed by atoms with van der Waals surface area (Å²) < 4.78 is 11.1. The summed E-state index contributed by atoms with van der Waals surface area (Å²) >= 11 is 0. The molecule has 2 aliphatic rings. The zero-order chi connectivity index (χ0) is 10.8. The van der Waals surface area contributed by atoms with Gasteiger partial charge in [0.05, 0.1) is 0 Å². The summed E-state index contributed by atoms with van der Waals surface area (Å²) in [4.78, 5) is 0. The molecule has 1 aromatic rings. The van der Waals surface area contributed by atoms with Crippen molar-refractivity contribution in [3.05, 3.63) is 23.8 Å². The Morgan fingerprint density at radius 1 is 1.06 bits per heavy atom. The second-order valence-corrected chi connectivity index (χ2v) is 4.41. The fourth-order valence-electron chi connectivity index (χ4n) is 2.41. The van der Waals surface area contributed by atoms with E-state index in [1.165, 1.54) is 24.8 Å². The van der Waals surface area contributed by atoms with Crippen LogP contribution in [0.5, 0.6) is 11.5 Å². The lowest BCUT2D eigenvalue weighted by Crippen LogP contribution is -2.27. The van der Waals surface area contributed by atoms with E-state index < -0.39 is 0 Å². The van der Waals surface area contributed by atoms with Crippen molar-refractivity contribution in [2.75, 3.05) is 19.8 Å². The Bertz CT molecular complexity index is 372. The highest BCUT2D eigenvalue weighted by molar-refractivity contribution is 5.44. The van der Waals surface area contributed by atoms with Crippen molar-refractivity contribution in [2.45, 2.75) is 25.3 Å². The first-order chi connectivity index (χ1) is 7.93. The molecular formula is C13H17NO2. The van der Waals surface area contributed by atoms with Crippen LogP contribution in [0.2, 0.25) is 0 Å². The van der Waals surface area contributed by atoms with Gasteiger partial charge < -0.3 is 14.8 Å². The zero-order valence-corrected chi connectivity index (χ0v) is 9.37. The van der Waals surface area contributed by atoms with E-state index in [4.69, 9.17) is 9.47 Å². The topological polar surface area (TPSA) is 30.5 Å². The number of hydrogen-bond donors (Lipinski definition) is 1. The molecule has 0 radical (unpaired) electrons. The first-order valence-electron chi connectivity index (χ1n) is 6.06. The quantitative estimate of drug-likeness (QED) is 0.786. The molecule has 1 atom stereocenters. The summed E-state index contributed by atoms with van der Waals surface area (Å²) in [6, 6.07) is 6.79. The summed E-state index contributed by atoms with van der Waals surface area (Å²) in [6.07, 6.45) is 3.83. The van der Waals surface area contributed by atoms with Gasteiger partial charge in [-0.1, -0.05) is 12.5 Å². The molecule has 0 aromatic heterocycles. The zero-order valence-electron chi connectivity index (χ0n) is 9.37. The maximum atomic E-state index is 5.60. The summed E-state index contributed by atoms with van der Waals surface area (Å²) in [5.74, 6) is 1.78. The monoisotopic (exact) mass is 219 g/mol. The Morgan fingerprint density at radius 2 is 1.94 bits per heavy atom. The van der Waals surface area contributed by atoms with E-state index >= 15 is 0 Å². The van der Waals surface area contributed by atoms with Gasteiger partial charge in [-0.2, -0.15) is 0 Å². The van der Waals surface area contributed by atoms with E-state index in [9.17, 15) is 0 Å². The van der Waals surface area contributed by atoms with Crippen LogP contribution in [0.4, 0.5) is 0 Å². The first kappa shape index (κ1) is 9.97. The van der Waals surface area contributed by atoms with Gasteiger partial charge in [0.1, 0.15) is 13.2 Å². The largest absolute Gasteiger partial charge is 0.486 e. The number of benzene rings is 1. The van der Waals surface area contributed by atoms with Gasteiger partial charge in [0.15, 0.2) is 11.5 Å². The molecule has 0 spiro atoms. The molecule has 3 rings (SSSR count). The molecule has 3 nitrogen and oxygen atoms in total. The number of nitrogens with one attached hydrogen (secondary N) is 1. The predicted molar refractivity (Wildman–Crippen MR) is 62.0 cm³/mol. The third-order valence-electron chi connectivity index (χ3n) is 3.28. The molecular weight excluding hydrogens is 202 g/mol. The van der Waals surface area contributed by atoms with Crippen LogP contribution in [0.25, 0.3) is 0 Å². The van der Waals surface area contributed by atoms with Gasteiger partial charge in [0.25, 0.3) is 0 Å². The van der Waals surface area contributed by atoms with E-state index in [-0.39, 0.29) is 0 Å². The minimum Gasteiger partial charge on any atom is -0.486 e. The molecule has 16 heavy (non-hydrogen) atoms. The van der Waals surface area contributed by atoms with Crippen LogP contribution in [0.1, 0.15) is 30.9 Å². The van der Waals surface area contributed by atoms with Gasteiger partial charge in [0.2, 0.25) is 0 Å². The van der Waals surface area contributed by atoms with Crippen molar-refractivity contribution in [3.63, 3.8) is 0 Å². The Morgan fingerprint density at radius 3 is 2.75 bits per heavy atom. The van der Waals surface area contributed by atoms with E-state index in [1.54, 1.807) is 0 Å². The SMILES string of the molecule is c1cc2c(cc1C1CCCCN1)OCCO2. The van der Waals surface area contributed by atoms with E-state index in [0.29, 0.717) is 19.3 Å². The molecule has 86 valence electrons. The molecule has 1 aromatic carbocycles. The molecule has 0 aliphatic carbocycles. The van der Waals surface area contributed by atoms with Gasteiger partial charge in [-0.15, -0.1) is 0 Å². The van der Waals surface area contributed by atoms with Crippen LogP contribution in [0.15, 0.2) is 18.2 Å². The standard InChI is InChI=1S/C13H17NO2/c1-2-6-14-11(3-1)10-4-5-12-13(9-10)16-8-7-15-12/h4-5,9,11,14H,1-3,6-8H2. The normalized spacial score (nSPS) is 24.1. The van der Waals surface area contributed by atoms with Crippen molar-refractivity contribution in [1.29, 1.82) is 0 Å². The fraction of sp³-hybridized carbons (Fsp3) is 0.538. The van der Waals surface area contributed by atoms with Crippen molar-refractivity contribution in [1.82, 2.24) is 5.32 Å². The Kier molecular flexibility index (Phi) is 2.70. The molecule has 2 heterocycles. The van der Waals surface area contributed by atoms with Crippen LogP contribution < -0.4 is 14.8 Å². The fourth-order valence-corrected chi connectivity index (χ4v) is 2.41. The summed E-state index contributed by atoms with van der Waals surface area (Å²) in [7, 11) is 0. The van der Waals surface area contributed by atoms with Crippen LogP contribution in [-0.4, -0.2) is 19.8 Å². The lowest BCUT2D eigenvalue weighted by atomic mass is 9.97. The van der Waals surface area contributed by atoms with Gasteiger partial charge in [-0.25, -0.2) is 0 Å². The van der Waals surface area contributed by atoms with Gasteiger partial charge in [-0.3, -0.25) is 0 Å². The Labute approximate surface area is 95.8 Å². The highest BCUT2D eigenvalue weighted by atomic mass is 16.6. The van der Waals surface area contributed by atoms with Gasteiger partial charge in [0, 0.05) is 6.04 Å². The molecule has 1 unspecified atom stereocenters. The van der Waals surface area contributed by atoms with Gasteiger partial charge >= 0.3 is 0 Å². The first-order valence-corrected chi connectivity index (χ1v) is 6.06. The number of piperidine rings is 1. The molecule has 1 N–H and O–H groups in total. The van der Waals surface area contributed by atoms with E-state index in [2.05, 4.69) is 17.4 Å². The maximum Gasteiger partial charge on any atom is 0.161 e. The Balaban J connectivity index is 1.84. The summed E-state index contributed by atoms with van der Waals surface area (Å²) in [5.41, 5.74) is 1.32. The smallest absolute Gasteiger partial charge is 0.161 e. The molecule has 0 bridgehead atoms. The summed E-state index contributed by atoms with van der Waals surface area (Å²) in [6.45, 7) is 2.45. The molecule has 1 fully saturated rings. The van der Waals surface area contributed by atoms with Crippen LogP contribution in [-0.2, 0) is 0 Å². The Hall–Kier alpha value is -1.22. The minimum absolute atomic E-state index is 0.490. The number of rotatable bonds is 1. The number of ether oxygens (including phenoxy) is 2. The van der Waals surface area contributed by atoms with Crippen molar-refractivity contribution in [3.8, 4) is 11.5 Å². The number of fused-ring (bicyclic) bond motifs is 1. The maximum absolute atomic E-state index is 5.60. The van der Waals surface area contributed by atoms with Crippen LogP contribution >= 0.6 is 0 Å². The average Bonchev–Trinajstić information content (AvgIpc) is 2.39. The highest BCUT2D eigenvalue weighted by Crippen LogP contribution is 2.34. The van der Waals surface area contributed by atoms with Crippen LogP contribution in [0.3, 0.4) is 0 Å². The van der Waals surface area contributed by atoms with E-state index in [0.717, 1.165) is 18.0 Å². The third kappa shape index (κ3) is 1.87. The lowest BCUT2D eigenvalue weighted by molar-refractivity contribution is 0.171.